The van der Waals surface area contributed by atoms with E-state index in [0.717, 1.165) is 32.1 Å². The summed E-state index contributed by atoms with van der Waals surface area (Å²) in [4.78, 5) is 22.1. The van der Waals surface area contributed by atoms with E-state index in [1.54, 1.807) is 0 Å². The van der Waals surface area contributed by atoms with Crippen LogP contribution in [0.1, 0.15) is 80.1 Å². The van der Waals surface area contributed by atoms with Gasteiger partial charge in [0.1, 0.15) is 11.6 Å². The summed E-state index contributed by atoms with van der Waals surface area (Å²) in [5, 5.41) is 0. The van der Waals surface area contributed by atoms with Gasteiger partial charge in [-0.2, -0.15) is 0 Å². The predicted octanol–water partition coefficient (Wildman–Crippen LogP) is 4.80. The van der Waals surface area contributed by atoms with Crippen molar-refractivity contribution in [2.75, 3.05) is 0 Å². The highest BCUT2D eigenvalue weighted by Crippen LogP contribution is 2.38. The molecule has 2 nitrogen and oxygen atoms in total. The second-order valence-electron chi connectivity index (χ2n) is 8.53. The number of carbonyl (C=O) groups excluding carboxylic acids is 2. The Morgan fingerprint density at radius 1 is 0.950 bits per heavy atom. The standard InChI is InChI=1S/2C9H16O/c1-7-4-8(10)6-9(2,3)5-7;1-7-6-8(10)4-5-9(7,2)3/h2*7H,4-6H2,1-3H3. The molecule has 2 heteroatoms. The Balaban J connectivity index is 0.000000200. The molecule has 0 radical (unpaired) electrons. The predicted molar refractivity (Wildman–Crippen MR) is 83.6 cm³/mol. The molecular formula is C18H32O2. The van der Waals surface area contributed by atoms with E-state index in [9.17, 15) is 9.59 Å². The maximum absolute atomic E-state index is 11.1. The number of hydrogen-bond acceptors (Lipinski definition) is 2. The lowest BCUT2D eigenvalue weighted by atomic mass is 9.69. The van der Waals surface area contributed by atoms with Crippen LogP contribution in [-0.4, -0.2) is 11.6 Å². The third-order valence-electron chi connectivity index (χ3n) is 5.07. The van der Waals surface area contributed by atoms with Gasteiger partial charge < -0.3 is 0 Å². The molecule has 2 rings (SSSR count). The Morgan fingerprint density at radius 2 is 1.55 bits per heavy atom. The lowest BCUT2D eigenvalue weighted by molar-refractivity contribution is -0.125. The zero-order chi connectivity index (χ0) is 15.6. The first-order valence-corrected chi connectivity index (χ1v) is 8.05. The van der Waals surface area contributed by atoms with Gasteiger partial charge in [-0.1, -0.05) is 41.5 Å². The highest BCUT2D eigenvalue weighted by molar-refractivity contribution is 5.80. The summed E-state index contributed by atoms with van der Waals surface area (Å²) in [5.74, 6) is 2.08. The van der Waals surface area contributed by atoms with E-state index in [4.69, 9.17) is 0 Å². The highest BCUT2D eigenvalue weighted by atomic mass is 16.1. The topological polar surface area (TPSA) is 34.1 Å². The number of ketones is 2. The van der Waals surface area contributed by atoms with Gasteiger partial charge in [0, 0.05) is 25.7 Å². The molecule has 2 unspecified atom stereocenters. The fourth-order valence-corrected chi connectivity index (χ4v) is 3.51. The first-order valence-electron chi connectivity index (χ1n) is 8.05. The van der Waals surface area contributed by atoms with Crippen molar-refractivity contribution in [3.8, 4) is 0 Å². The maximum Gasteiger partial charge on any atom is 0.133 e. The molecule has 2 aliphatic rings. The number of rotatable bonds is 0. The van der Waals surface area contributed by atoms with Crippen molar-refractivity contribution in [2.24, 2.45) is 22.7 Å². The molecule has 2 saturated carbocycles. The third kappa shape index (κ3) is 5.38. The average Bonchev–Trinajstić information content (AvgIpc) is 2.22. The van der Waals surface area contributed by atoms with E-state index in [1.165, 1.54) is 6.42 Å². The molecule has 2 fully saturated rings. The Labute approximate surface area is 124 Å². The van der Waals surface area contributed by atoms with E-state index in [-0.39, 0.29) is 5.41 Å². The van der Waals surface area contributed by atoms with Crippen LogP contribution in [0.15, 0.2) is 0 Å². The Bertz CT molecular complexity index is 366. The van der Waals surface area contributed by atoms with Crippen LogP contribution in [0.25, 0.3) is 0 Å². The lowest BCUT2D eigenvalue weighted by Gasteiger charge is -2.35. The summed E-state index contributed by atoms with van der Waals surface area (Å²) >= 11 is 0. The summed E-state index contributed by atoms with van der Waals surface area (Å²) in [7, 11) is 0. The first-order chi connectivity index (χ1) is 9.02. The monoisotopic (exact) mass is 280 g/mol. The summed E-state index contributed by atoms with van der Waals surface area (Å²) in [6, 6.07) is 0. The van der Waals surface area contributed by atoms with Gasteiger partial charge >= 0.3 is 0 Å². The van der Waals surface area contributed by atoms with Crippen molar-refractivity contribution in [3.05, 3.63) is 0 Å². The van der Waals surface area contributed by atoms with Crippen LogP contribution < -0.4 is 0 Å². The van der Waals surface area contributed by atoms with Crippen molar-refractivity contribution < 1.29 is 9.59 Å². The SMILES string of the molecule is CC1CC(=O)CC(C)(C)C1.CC1CC(=O)CCC1(C)C. The molecule has 0 bridgehead atoms. The smallest absolute Gasteiger partial charge is 0.133 e. The number of hydrogen-bond donors (Lipinski definition) is 0. The summed E-state index contributed by atoms with van der Waals surface area (Å²) < 4.78 is 0. The van der Waals surface area contributed by atoms with E-state index in [2.05, 4.69) is 41.5 Å². The zero-order valence-electron chi connectivity index (χ0n) is 14.2. The molecule has 0 heterocycles. The van der Waals surface area contributed by atoms with Gasteiger partial charge in [0.2, 0.25) is 0 Å². The van der Waals surface area contributed by atoms with Crippen molar-refractivity contribution >= 4 is 11.6 Å². The molecule has 0 aliphatic heterocycles. The van der Waals surface area contributed by atoms with Gasteiger partial charge in [-0.3, -0.25) is 9.59 Å². The minimum absolute atomic E-state index is 0.273. The molecule has 0 N–H and O–H groups in total. The summed E-state index contributed by atoms with van der Waals surface area (Å²) in [5.41, 5.74) is 0.669. The van der Waals surface area contributed by atoms with Gasteiger partial charge in [-0.05, 0) is 35.5 Å². The molecule has 0 amide bonds. The Kier molecular flexibility index (Phi) is 5.57. The van der Waals surface area contributed by atoms with Gasteiger partial charge in [-0.25, -0.2) is 0 Å². The third-order valence-corrected chi connectivity index (χ3v) is 5.07. The summed E-state index contributed by atoms with van der Waals surface area (Å²) in [6.07, 6.45) is 5.48. The molecule has 0 spiro atoms. The van der Waals surface area contributed by atoms with E-state index in [1.807, 2.05) is 0 Å². The fraction of sp³-hybridized carbons (Fsp3) is 0.889. The number of Topliss-reactive ketones (excluding diaryl/α,β-unsaturated/α-hetero) is 2. The largest absolute Gasteiger partial charge is 0.300 e. The minimum Gasteiger partial charge on any atom is -0.300 e. The molecule has 116 valence electrons. The molecule has 2 aliphatic carbocycles. The molecule has 0 aromatic rings. The van der Waals surface area contributed by atoms with Gasteiger partial charge in [0.25, 0.3) is 0 Å². The van der Waals surface area contributed by atoms with E-state index >= 15 is 0 Å². The van der Waals surface area contributed by atoms with Crippen molar-refractivity contribution in [3.63, 3.8) is 0 Å². The van der Waals surface area contributed by atoms with Crippen LogP contribution in [0.3, 0.4) is 0 Å². The highest BCUT2D eigenvalue weighted by Gasteiger charge is 2.32. The molecule has 0 aromatic heterocycles. The van der Waals surface area contributed by atoms with E-state index < -0.39 is 0 Å². The van der Waals surface area contributed by atoms with Crippen LogP contribution in [0.5, 0.6) is 0 Å². The van der Waals surface area contributed by atoms with Gasteiger partial charge in [-0.15, -0.1) is 0 Å². The number of carbonyl (C=O) groups is 2. The molecule has 2 atom stereocenters. The van der Waals surface area contributed by atoms with E-state index in [0.29, 0.717) is 28.8 Å². The lowest BCUT2D eigenvalue weighted by Crippen LogP contribution is -2.29. The maximum atomic E-state index is 11.1. The van der Waals surface area contributed by atoms with Crippen molar-refractivity contribution in [1.82, 2.24) is 0 Å². The van der Waals surface area contributed by atoms with Crippen LogP contribution in [-0.2, 0) is 9.59 Å². The van der Waals surface area contributed by atoms with Gasteiger partial charge in [0.15, 0.2) is 0 Å². The molecule has 0 saturated heterocycles. The fourth-order valence-electron chi connectivity index (χ4n) is 3.51. The van der Waals surface area contributed by atoms with Crippen molar-refractivity contribution in [2.45, 2.75) is 80.1 Å². The van der Waals surface area contributed by atoms with Crippen LogP contribution in [0.4, 0.5) is 0 Å². The van der Waals surface area contributed by atoms with Crippen LogP contribution >= 0.6 is 0 Å². The molecule has 20 heavy (non-hydrogen) atoms. The zero-order valence-corrected chi connectivity index (χ0v) is 14.2. The Hall–Kier alpha value is -0.660. The molecular weight excluding hydrogens is 248 g/mol. The summed E-state index contributed by atoms with van der Waals surface area (Å²) in [6.45, 7) is 13.2. The van der Waals surface area contributed by atoms with Crippen LogP contribution in [0, 0.1) is 22.7 Å². The average molecular weight is 280 g/mol. The molecule has 0 aromatic carbocycles. The van der Waals surface area contributed by atoms with Crippen molar-refractivity contribution in [1.29, 1.82) is 0 Å². The quantitative estimate of drug-likeness (QED) is 0.638. The second kappa shape index (κ2) is 6.41. The van der Waals surface area contributed by atoms with Gasteiger partial charge in [0.05, 0.1) is 0 Å². The normalized spacial score (nSPS) is 32.3. The first kappa shape index (κ1) is 17.4. The van der Waals surface area contributed by atoms with Crippen LogP contribution in [0.2, 0.25) is 0 Å². The second-order valence-corrected chi connectivity index (χ2v) is 8.53. The Morgan fingerprint density at radius 3 is 1.95 bits per heavy atom. The minimum atomic E-state index is 0.273.